The zero-order valence-corrected chi connectivity index (χ0v) is 15.1. The van der Waals surface area contributed by atoms with Crippen LogP contribution in [0.3, 0.4) is 0 Å². The number of rotatable bonds is 6. The molecule has 132 valence electrons. The van der Waals surface area contributed by atoms with Crippen LogP contribution in [0.5, 0.6) is 0 Å². The Bertz CT molecular complexity index is 413. The number of thioether (sulfide) groups is 1. The first-order valence-electron chi connectivity index (χ1n) is 8.37. The molecule has 6 nitrogen and oxygen atoms in total. The van der Waals surface area contributed by atoms with Crippen LogP contribution in [0.25, 0.3) is 0 Å². The number of amides is 2. The van der Waals surface area contributed by atoms with Gasteiger partial charge >= 0.3 is 0 Å². The van der Waals surface area contributed by atoms with Crippen LogP contribution in [0.1, 0.15) is 33.6 Å². The fourth-order valence-corrected chi connectivity index (χ4v) is 3.85. The van der Waals surface area contributed by atoms with Gasteiger partial charge in [0.15, 0.2) is 6.10 Å². The van der Waals surface area contributed by atoms with Gasteiger partial charge in [-0.2, -0.15) is 0 Å². The Kier molecular flexibility index (Phi) is 7.17. The number of hydrogen-bond acceptors (Lipinski definition) is 5. The maximum atomic E-state index is 12.5. The van der Waals surface area contributed by atoms with Gasteiger partial charge in [0.05, 0.1) is 25.7 Å². The highest BCUT2D eigenvalue weighted by atomic mass is 32.2. The molecular formula is C16H28N2O4S. The molecule has 7 heteroatoms. The molecule has 2 fully saturated rings. The zero-order valence-electron chi connectivity index (χ0n) is 14.2. The Balaban J connectivity index is 1.87. The van der Waals surface area contributed by atoms with Gasteiger partial charge in [0.25, 0.3) is 5.91 Å². The van der Waals surface area contributed by atoms with E-state index >= 15 is 0 Å². The van der Waals surface area contributed by atoms with Gasteiger partial charge in [-0.1, -0.05) is 13.8 Å². The summed E-state index contributed by atoms with van der Waals surface area (Å²) >= 11 is 1.60. The highest BCUT2D eigenvalue weighted by molar-refractivity contribution is 7.99. The predicted octanol–water partition coefficient (Wildman–Crippen LogP) is 1.24. The smallest absolute Gasteiger partial charge is 0.255 e. The summed E-state index contributed by atoms with van der Waals surface area (Å²) in [6, 6.07) is -0.277. The van der Waals surface area contributed by atoms with Gasteiger partial charge < -0.3 is 19.7 Å². The van der Waals surface area contributed by atoms with E-state index in [1.54, 1.807) is 16.7 Å². The van der Waals surface area contributed by atoms with Crippen molar-refractivity contribution in [3.8, 4) is 0 Å². The third kappa shape index (κ3) is 5.36. The molecule has 0 bridgehead atoms. The molecule has 0 spiro atoms. The van der Waals surface area contributed by atoms with Crippen molar-refractivity contribution >= 4 is 23.6 Å². The molecule has 0 aromatic heterocycles. The topological polar surface area (TPSA) is 67.9 Å². The molecule has 0 aromatic rings. The van der Waals surface area contributed by atoms with E-state index in [9.17, 15) is 9.59 Å². The second-order valence-corrected chi connectivity index (χ2v) is 7.64. The first-order chi connectivity index (χ1) is 11.0. The average Bonchev–Trinajstić information content (AvgIpc) is 3.02. The molecule has 2 aliphatic heterocycles. The molecular weight excluding hydrogens is 316 g/mol. The van der Waals surface area contributed by atoms with Crippen molar-refractivity contribution in [3.63, 3.8) is 0 Å². The van der Waals surface area contributed by atoms with Gasteiger partial charge in [-0.3, -0.25) is 9.59 Å². The second kappa shape index (κ2) is 8.89. The lowest BCUT2D eigenvalue weighted by Crippen LogP contribution is -2.53. The number of carbonyl (C=O) groups excluding carboxylic acids is 2. The molecule has 2 aliphatic rings. The minimum atomic E-state index is -0.573. The summed E-state index contributed by atoms with van der Waals surface area (Å²) < 4.78 is 10.8. The monoisotopic (exact) mass is 344 g/mol. The molecule has 0 saturated carbocycles. The van der Waals surface area contributed by atoms with E-state index in [1.165, 1.54) is 0 Å². The van der Waals surface area contributed by atoms with Crippen LogP contribution < -0.4 is 5.32 Å². The van der Waals surface area contributed by atoms with Crippen LogP contribution in [0.15, 0.2) is 0 Å². The predicted molar refractivity (Wildman–Crippen MR) is 90.2 cm³/mol. The van der Waals surface area contributed by atoms with E-state index in [2.05, 4.69) is 19.2 Å². The molecule has 0 radical (unpaired) electrons. The first kappa shape index (κ1) is 18.5. The van der Waals surface area contributed by atoms with Gasteiger partial charge in [0, 0.05) is 11.8 Å². The Labute approximate surface area is 142 Å². The van der Waals surface area contributed by atoms with Crippen LogP contribution in [-0.4, -0.2) is 66.4 Å². The Morgan fingerprint density at radius 1 is 1.26 bits per heavy atom. The number of hydrogen-bond donors (Lipinski definition) is 1. The maximum Gasteiger partial charge on any atom is 0.255 e. The van der Waals surface area contributed by atoms with E-state index in [1.807, 2.05) is 6.92 Å². The number of nitrogens with zero attached hydrogens (tertiary/aromatic N) is 1. The molecule has 0 aromatic carbocycles. The van der Waals surface area contributed by atoms with Gasteiger partial charge in [0.1, 0.15) is 6.04 Å². The second-order valence-electron chi connectivity index (χ2n) is 6.64. The molecule has 0 aliphatic carbocycles. The van der Waals surface area contributed by atoms with E-state index in [-0.39, 0.29) is 24.5 Å². The van der Waals surface area contributed by atoms with Crippen molar-refractivity contribution < 1.29 is 19.1 Å². The summed E-state index contributed by atoms with van der Waals surface area (Å²) in [5.41, 5.74) is 0. The van der Waals surface area contributed by atoms with E-state index in [4.69, 9.17) is 9.47 Å². The SMILES string of the molecule is CC(C)CC[C@H](C)NC(=O)[C@H]1CSCN1C(=O)[C@@H]1COCCO1. The quantitative estimate of drug-likeness (QED) is 0.785. The zero-order chi connectivity index (χ0) is 16.8. The summed E-state index contributed by atoms with van der Waals surface area (Å²) in [5.74, 6) is 1.61. The van der Waals surface area contributed by atoms with Crippen molar-refractivity contribution in [1.29, 1.82) is 0 Å². The van der Waals surface area contributed by atoms with E-state index < -0.39 is 12.1 Å². The van der Waals surface area contributed by atoms with Crippen LogP contribution in [0.2, 0.25) is 0 Å². The molecule has 23 heavy (non-hydrogen) atoms. The Hall–Kier alpha value is -0.790. The molecule has 2 heterocycles. The molecule has 2 amide bonds. The molecule has 2 rings (SSSR count). The summed E-state index contributed by atoms with van der Waals surface area (Å²) in [4.78, 5) is 26.7. The lowest BCUT2D eigenvalue weighted by molar-refractivity contribution is -0.160. The van der Waals surface area contributed by atoms with Gasteiger partial charge in [-0.05, 0) is 25.7 Å². The first-order valence-corrected chi connectivity index (χ1v) is 9.52. The summed E-state index contributed by atoms with van der Waals surface area (Å²) in [7, 11) is 0. The molecule has 1 N–H and O–H groups in total. The maximum absolute atomic E-state index is 12.5. The Morgan fingerprint density at radius 2 is 2.04 bits per heavy atom. The summed E-state index contributed by atoms with van der Waals surface area (Å²) in [5, 5.41) is 3.05. The van der Waals surface area contributed by atoms with Crippen molar-refractivity contribution in [2.45, 2.75) is 51.8 Å². The average molecular weight is 344 g/mol. The number of nitrogens with one attached hydrogen (secondary N) is 1. The summed E-state index contributed by atoms with van der Waals surface area (Å²) in [6.07, 6.45) is 1.46. The van der Waals surface area contributed by atoms with Crippen molar-refractivity contribution in [2.75, 3.05) is 31.5 Å². The van der Waals surface area contributed by atoms with Crippen LogP contribution in [0, 0.1) is 5.92 Å². The minimum absolute atomic E-state index is 0.0590. The minimum Gasteiger partial charge on any atom is -0.376 e. The third-order valence-electron chi connectivity index (χ3n) is 4.13. The molecule has 0 unspecified atom stereocenters. The number of ether oxygens (including phenoxy) is 2. The fourth-order valence-electron chi connectivity index (χ4n) is 2.69. The fraction of sp³-hybridized carbons (Fsp3) is 0.875. The van der Waals surface area contributed by atoms with Crippen LogP contribution in [-0.2, 0) is 19.1 Å². The van der Waals surface area contributed by atoms with Gasteiger partial charge in [0.2, 0.25) is 5.91 Å². The highest BCUT2D eigenvalue weighted by Gasteiger charge is 2.39. The molecule has 3 atom stereocenters. The lowest BCUT2D eigenvalue weighted by Gasteiger charge is -2.30. The van der Waals surface area contributed by atoms with Gasteiger partial charge in [-0.15, -0.1) is 11.8 Å². The standard InChI is InChI=1S/C16H28N2O4S/c1-11(2)4-5-12(3)17-15(19)13-9-23-10-18(13)16(20)14-8-21-6-7-22-14/h11-14H,4-10H2,1-3H3,(H,17,19)/t12-,13+,14-/m0/s1. The molecule has 2 saturated heterocycles. The lowest BCUT2D eigenvalue weighted by atomic mass is 10.0. The summed E-state index contributed by atoms with van der Waals surface area (Å²) in [6.45, 7) is 7.60. The number of carbonyl (C=O) groups is 2. The van der Waals surface area contributed by atoms with Crippen molar-refractivity contribution in [2.24, 2.45) is 5.92 Å². The van der Waals surface area contributed by atoms with Crippen molar-refractivity contribution in [1.82, 2.24) is 10.2 Å². The van der Waals surface area contributed by atoms with Crippen LogP contribution in [0.4, 0.5) is 0 Å². The third-order valence-corrected chi connectivity index (χ3v) is 5.14. The van der Waals surface area contributed by atoms with Gasteiger partial charge in [-0.25, -0.2) is 0 Å². The highest BCUT2D eigenvalue weighted by Crippen LogP contribution is 2.23. The Morgan fingerprint density at radius 3 is 2.70 bits per heavy atom. The largest absolute Gasteiger partial charge is 0.376 e. The normalized spacial score (nSPS) is 26.3. The van der Waals surface area contributed by atoms with E-state index in [0.717, 1.165) is 12.8 Å². The van der Waals surface area contributed by atoms with E-state index in [0.29, 0.717) is 30.8 Å². The van der Waals surface area contributed by atoms with Crippen LogP contribution >= 0.6 is 11.8 Å². The van der Waals surface area contributed by atoms with Crippen molar-refractivity contribution in [3.05, 3.63) is 0 Å².